The molecule has 0 saturated heterocycles. The highest BCUT2D eigenvalue weighted by Crippen LogP contribution is 2.18. The van der Waals surface area contributed by atoms with E-state index in [0.717, 1.165) is 16.7 Å². The zero-order valence-corrected chi connectivity index (χ0v) is 8.31. The number of aromatic nitrogens is 3. The summed E-state index contributed by atoms with van der Waals surface area (Å²) in [5.74, 6) is 0. The number of pyridine rings is 1. The first-order valence-electron chi connectivity index (χ1n) is 4.65. The van der Waals surface area contributed by atoms with Gasteiger partial charge in [0.2, 0.25) is 0 Å². The van der Waals surface area contributed by atoms with Crippen molar-refractivity contribution in [3.8, 4) is 0 Å². The fourth-order valence-corrected chi connectivity index (χ4v) is 1.49. The van der Waals surface area contributed by atoms with Gasteiger partial charge in [-0.3, -0.25) is 0 Å². The standard InChI is InChI=1S/C10H13N3O/c1-7(2)13-6-12-9-8(5-14)3-4-11-10(9)13/h3-4,6-7,14H,5H2,1-2H3. The number of nitrogens with zero attached hydrogens (tertiary/aromatic N) is 3. The van der Waals surface area contributed by atoms with Crippen molar-refractivity contribution in [2.75, 3.05) is 0 Å². The molecule has 0 amide bonds. The van der Waals surface area contributed by atoms with Gasteiger partial charge in [-0.2, -0.15) is 0 Å². The van der Waals surface area contributed by atoms with Crippen LogP contribution in [0.15, 0.2) is 18.6 Å². The molecule has 0 aromatic carbocycles. The molecule has 0 unspecified atom stereocenters. The van der Waals surface area contributed by atoms with Crippen LogP contribution in [-0.2, 0) is 6.61 Å². The molecular weight excluding hydrogens is 178 g/mol. The van der Waals surface area contributed by atoms with Crippen molar-refractivity contribution >= 4 is 11.2 Å². The number of hydrogen-bond acceptors (Lipinski definition) is 3. The molecule has 2 heterocycles. The van der Waals surface area contributed by atoms with Crippen LogP contribution in [0.4, 0.5) is 0 Å². The van der Waals surface area contributed by atoms with E-state index < -0.39 is 0 Å². The van der Waals surface area contributed by atoms with Gasteiger partial charge >= 0.3 is 0 Å². The van der Waals surface area contributed by atoms with Crippen molar-refractivity contribution in [1.82, 2.24) is 14.5 Å². The van der Waals surface area contributed by atoms with Gasteiger partial charge in [0.1, 0.15) is 5.52 Å². The molecule has 0 saturated carbocycles. The third kappa shape index (κ3) is 1.28. The lowest BCUT2D eigenvalue weighted by atomic mass is 10.2. The maximum atomic E-state index is 9.11. The molecule has 2 aromatic rings. The third-order valence-corrected chi connectivity index (χ3v) is 2.27. The quantitative estimate of drug-likeness (QED) is 0.782. The zero-order chi connectivity index (χ0) is 10.1. The number of imidazole rings is 1. The molecule has 0 spiro atoms. The molecule has 0 fully saturated rings. The lowest BCUT2D eigenvalue weighted by Crippen LogP contribution is -1.99. The largest absolute Gasteiger partial charge is 0.392 e. The van der Waals surface area contributed by atoms with Crippen molar-refractivity contribution in [1.29, 1.82) is 0 Å². The molecule has 2 rings (SSSR count). The maximum absolute atomic E-state index is 9.11. The summed E-state index contributed by atoms with van der Waals surface area (Å²) in [5, 5.41) is 9.11. The Balaban J connectivity index is 2.69. The van der Waals surface area contributed by atoms with Crippen molar-refractivity contribution in [2.24, 2.45) is 0 Å². The van der Waals surface area contributed by atoms with Crippen molar-refractivity contribution < 1.29 is 5.11 Å². The van der Waals surface area contributed by atoms with E-state index in [9.17, 15) is 0 Å². The van der Waals surface area contributed by atoms with Crippen LogP contribution in [0.1, 0.15) is 25.5 Å². The number of hydrogen-bond donors (Lipinski definition) is 1. The van der Waals surface area contributed by atoms with Gasteiger partial charge in [0, 0.05) is 17.8 Å². The summed E-state index contributed by atoms with van der Waals surface area (Å²) in [4.78, 5) is 8.51. The first kappa shape index (κ1) is 9.15. The lowest BCUT2D eigenvalue weighted by Gasteiger charge is -2.06. The van der Waals surface area contributed by atoms with Crippen LogP contribution in [-0.4, -0.2) is 19.6 Å². The Kier molecular flexibility index (Phi) is 2.21. The number of rotatable bonds is 2. The predicted molar refractivity (Wildman–Crippen MR) is 53.8 cm³/mol. The summed E-state index contributed by atoms with van der Waals surface area (Å²) in [6, 6.07) is 2.13. The molecule has 0 aliphatic rings. The highest BCUT2D eigenvalue weighted by atomic mass is 16.3. The van der Waals surface area contributed by atoms with E-state index in [2.05, 4.69) is 23.8 Å². The van der Waals surface area contributed by atoms with E-state index in [4.69, 9.17) is 5.11 Å². The Bertz CT molecular complexity index is 448. The fourth-order valence-electron chi connectivity index (χ4n) is 1.49. The molecule has 0 bridgehead atoms. The Morgan fingerprint density at radius 2 is 2.21 bits per heavy atom. The number of fused-ring (bicyclic) bond motifs is 1. The van der Waals surface area contributed by atoms with Crippen LogP contribution in [0.5, 0.6) is 0 Å². The first-order valence-corrected chi connectivity index (χ1v) is 4.65. The average Bonchev–Trinajstić information content (AvgIpc) is 2.60. The molecule has 4 heteroatoms. The van der Waals surface area contributed by atoms with E-state index >= 15 is 0 Å². The van der Waals surface area contributed by atoms with Crippen molar-refractivity contribution in [2.45, 2.75) is 26.5 Å². The maximum Gasteiger partial charge on any atom is 0.160 e. The number of aliphatic hydroxyl groups excluding tert-OH is 1. The highest BCUT2D eigenvalue weighted by molar-refractivity contribution is 5.74. The van der Waals surface area contributed by atoms with Gasteiger partial charge in [0.15, 0.2) is 5.65 Å². The molecule has 74 valence electrons. The van der Waals surface area contributed by atoms with E-state index in [1.54, 1.807) is 18.6 Å². The monoisotopic (exact) mass is 191 g/mol. The SMILES string of the molecule is CC(C)n1cnc2c(CO)ccnc21. The van der Waals surface area contributed by atoms with E-state index in [1.807, 2.05) is 4.57 Å². The second kappa shape index (κ2) is 3.38. The molecule has 0 aliphatic heterocycles. The van der Waals surface area contributed by atoms with Gasteiger partial charge in [-0.15, -0.1) is 0 Å². The Morgan fingerprint density at radius 1 is 1.43 bits per heavy atom. The Morgan fingerprint density at radius 3 is 2.86 bits per heavy atom. The molecule has 4 nitrogen and oxygen atoms in total. The predicted octanol–water partition coefficient (Wildman–Crippen LogP) is 1.50. The normalized spacial score (nSPS) is 11.4. The van der Waals surface area contributed by atoms with Gasteiger partial charge in [0.05, 0.1) is 12.9 Å². The molecule has 2 aromatic heterocycles. The minimum atomic E-state index is 0.00806. The van der Waals surface area contributed by atoms with Crippen LogP contribution in [0.3, 0.4) is 0 Å². The molecule has 0 aliphatic carbocycles. The summed E-state index contributed by atoms with van der Waals surface area (Å²) in [6.45, 7) is 4.16. The highest BCUT2D eigenvalue weighted by Gasteiger charge is 2.09. The average molecular weight is 191 g/mol. The Labute approximate surface area is 82.2 Å². The zero-order valence-electron chi connectivity index (χ0n) is 8.31. The summed E-state index contributed by atoms with van der Waals surface area (Å²) in [5.41, 5.74) is 2.46. The van der Waals surface area contributed by atoms with Gasteiger partial charge in [-0.1, -0.05) is 0 Å². The minimum absolute atomic E-state index is 0.00806. The summed E-state index contributed by atoms with van der Waals surface area (Å²) in [7, 11) is 0. The van der Waals surface area contributed by atoms with Crippen molar-refractivity contribution in [3.05, 3.63) is 24.2 Å². The first-order chi connectivity index (χ1) is 6.74. The van der Waals surface area contributed by atoms with E-state index in [1.165, 1.54) is 0 Å². The lowest BCUT2D eigenvalue weighted by molar-refractivity contribution is 0.283. The summed E-state index contributed by atoms with van der Waals surface area (Å²) >= 11 is 0. The minimum Gasteiger partial charge on any atom is -0.392 e. The molecule has 1 N–H and O–H groups in total. The van der Waals surface area contributed by atoms with Gasteiger partial charge in [-0.25, -0.2) is 9.97 Å². The summed E-state index contributed by atoms with van der Waals surface area (Å²) in [6.07, 6.45) is 3.47. The fraction of sp³-hybridized carbons (Fsp3) is 0.400. The van der Waals surface area contributed by atoms with Crippen LogP contribution in [0.2, 0.25) is 0 Å². The number of aliphatic hydroxyl groups is 1. The van der Waals surface area contributed by atoms with E-state index in [-0.39, 0.29) is 6.61 Å². The van der Waals surface area contributed by atoms with Gasteiger partial charge < -0.3 is 9.67 Å². The van der Waals surface area contributed by atoms with Crippen LogP contribution < -0.4 is 0 Å². The molecule has 0 atom stereocenters. The smallest absolute Gasteiger partial charge is 0.160 e. The Hall–Kier alpha value is -1.42. The molecular formula is C10H13N3O. The second-order valence-electron chi connectivity index (χ2n) is 3.55. The van der Waals surface area contributed by atoms with Gasteiger partial charge in [-0.05, 0) is 19.9 Å². The third-order valence-electron chi connectivity index (χ3n) is 2.27. The van der Waals surface area contributed by atoms with Crippen LogP contribution in [0, 0.1) is 0 Å². The second-order valence-corrected chi connectivity index (χ2v) is 3.55. The van der Waals surface area contributed by atoms with E-state index in [0.29, 0.717) is 6.04 Å². The van der Waals surface area contributed by atoms with Crippen LogP contribution >= 0.6 is 0 Å². The topological polar surface area (TPSA) is 50.9 Å². The van der Waals surface area contributed by atoms with Gasteiger partial charge in [0.25, 0.3) is 0 Å². The van der Waals surface area contributed by atoms with Crippen LogP contribution in [0.25, 0.3) is 11.2 Å². The molecule has 14 heavy (non-hydrogen) atoms. The van der Waals surface area contributed by atoms with Crippen molar-refractivity contribution in [3.63, 3.8) is 0 Å². The summed E-state index contributed by atoms with van der Waals surface area (Å²) < 4.78 is 1.99. The molecule has 0 radical (unpaired) electrons.